The molecule has 0 bridgehead atoms. The number of benzene rings is 1. The van der Waals surface area contributed by atoms with Crippen LogP contribution in [0, 0.1) is 0 Å². The van der Waals surface area contributed by atoms with E-state index in [1.54, 1.807) is 16.9 Å². The third-order valence-electron chi connectivity index (χ3n) is 3.00. The van der Waals surface area contributed by atoms with Crippen molar-refractivity contribution in [3.8, 4) is 11.3 Å². The van der Waals surface area contributed by atoms with E-state index in [1.807, 2.05) is 31.4 Å². The maximum Gasteiger partial charge on any atom is 0.135 e. The predicted octanol–water partition coefficient (Wildman–Crippen LogP) is 2.05. The fourth-order valence-electron chi connectivity index (χ4n) is 2.08. The van der Waals surface area contributed by atoms with E-state index in [1.165, 1.54) is 0 Å². The third-order valence-corrected chi connectivity index (χ3v) is 3.00. The molecule has 1 aromatic carbocycles. The number of nitrogens with two attached hydrogens (primary N) is 1. The minimum Gasteiger partial charge on any atom is -0.384 e. The molecule has 100 valence electrons. The van der Waals surface area contributed by atoms with Crippen molar-refractivity contribution in [3.63, 3.8) is 0 Å². The normalized spacial score (nSPS) is 10.7. The molecule has 0 radical (unpaired) electrons. The first kappa shape index (κ1) is 12.3. The van der Waals surface area contributed by atoms with Crippen LogP contribution in [0.15, 0.2) is 48.8 Å². The molecule has 2 N–H and O–H groups in total. The SMILES string of the molecule is Cn1cc(-c2cc(N)nc(Cc3ccccc3)n2)cn1. The average molecular weight is 265 g/mol. The minimum absolute atomic E-state index is 0.477. The Labute approximate surface area is 117 Å². The Morgan fingerprint density at radius 2 is 1.95 bits per heavy atom. The number of aryl methyl sites for hydroxylation is 1. The predicted molar refractivity (Wildman–Crippen MR) is 77.9 cm³/mol. The van der Waals surface area contributed by atoms with Crippen LogP contribution in [0.1, 0.15) is 11.4 Å². The Kier molecular flexibility index (Phi) is 3.16. The minimum atomic E-state index is 0.477. The Bertz CT molecular complexity index is 718. The maximum atomic E-state index is 5.88. The van der Waals surface area contributed by atoms with Gasteiger partial charge in [-0.1, -0.05) is 30.3 Å². The molecule has 0 aliphatic heterocycles. The van der Waals surface area contributed by atoms with Crippen LogP contribution in [-0.2, 0) is 13.5 Å². The highest BCUT2D eigenvalue weighted by Crippen LogP contribution is 2.18. The van der Waals surface area contributed by atoms with Crippen LogP contribution in [0.4, 0.5) is 5.82 Å². The van der Waals surface area contributed by atoms with Crippen LogP contribution in [0.2, 0.25) is 0 Å². The number of nitrogens with zero attached hydrogens (tertiary/aromatic N) is 4. The number of nitrogen functional groups attached to an aromatic ring is 1. The van der Waals surface area contributed by atoms with Crippen molar-refractivity contribution in [1.82, 2.24) is 19.7 Å². The highest BCUT2D eigenvalue weighted by atomic mass is 15.2. The Balaban J connectivity index is 1.95. The van der Waals surface area contributed by atoms with Crippen LogP contribution in [0.25, 0.3) is 11.3 Å². The lowest BCUT2D eigenvalue weighted by molar-refractivity contribution is 0.768. The van der Waals surface area contributed by atoms with Crippen molar-refractivity contribution in [3.05, 3.63) is 60.2 Å². The molecule has 0 aliphatic carbocycles. The highest BCUT2D eigenvalue weighted by Gasteiger charge is 2.07. The molecule has 2 aromatic heterocycles. The van der Waals surface area contributed by atoms with E-state index in [4.69, 9.17) is 5.73 Å². The lowest BCUT2D eigenvalue weighted by Crippen LogP contribution is -2.02. The van der Waals surface area contributed by atoms with Gasteiger partial charge in [-0.2, -0.15) is 5.10 Å². The van der Waals surface area contributed by atoms with E-state index in [0.29, 0.717) is 12.2 Å². The Hall–Kier alpha value is -2.69. The van der Waals surface area contributed by atoms with Crippen LogP contribution in [0.5, 0.6) is 0 Å². The monoisotopic (exact) mass is 265 g/mol. The summed E-state index contributed by atoms with van der Waals surface area (Å²) in [7, 11) is 1.87. The highest BCUT2D eigenvalue weighted by molar-refractivity contribution is 5.60. The van der Waals surface area contributed by atoms with Gasteiger partial charge in [-0.3, -0.25) is 4.68 Å². The molecule has 0 saturated carbocycles. The summed E-state index contributed by atoms with van der Waals surface area (Å²) >= 11 is 0. The fourth-order valence-corrected chi connectivity index (χ4v) is 2.08. The smallest absolute Gasteiger partial charge is 0.135 e. The topological polar surface area (TPSA) is 69.6 Å². The molecule has 0 unspecified atom stereocenters. The molecule has 2 heterocycles. The van der Waals surface area contributed by atoms with Gasteiger partial charge in [-0.05, 0) is 5.56 Å². The summed E-state index contributed by atoms with van der Waals surface area (Å²) in [5.41, 5.74) is 8.78. The van der Waals surface area contributed by atoms with Gasteiger partial charge >= 0.3 is 0 Å². The van der Waals surface area contributed by atoms with Crippen LogP contribution in [0.3, 0.4) is 0 Å². The van der Waals surface area contributed by atoms with Gasteiger partial charge in [0.25, 0.3) is 0 Å². The van der Waals surface area contributed by atoms with Gasteiger partial charge in [0.1, 0.15) is 11.6 Å². The standard InChI is InChI=1S/C15H15N5/c1-20-10-12(9-17-20)13-8-14(16)19-15(18-13)7-11-5-3-2-4-6-11/h2-6,8-10H,7H2,1H3,(H2,16,18,19). The number of rotatable bonds is 3. The van der Waals surface area contributed by atoms with Crippen molar-refractivity contribution in [2.75, 3.05) is 5.73 Å². The summed E-state index contributed by atoms with van der Waals surface area (Å²) in [6.07, 6.45) is 4.35. The third kappa shape index (κ3) is 2.66. The lowest BCUT2D eigenvalue weighted by atomic mass is 10.1. The van der Waals surface area contributed by atoms with E-state index >= 15 is 0 Å². The quantitative estimate of drug-likeness (QED) is 0.787. The molecule has 3 rings (SSSR count). The Morgan fingerprint density at radius 1 is 1.15 bits per heavy atom. The molecule has 0 fully saturated rings. The van der Waals surface area contributed by atoms with Gasteiger partial charge in [0.15, 0.2) is 0 Å². The van der Waals surface area contributed by atoms with E-state index < -0.39 is 0 Å². The maximum absolute atomic E-state index is 5.88. The Morgan fingerprint density at radius 3 is 2.65 bits per heavy atom. The summed E-state index contributed by atoms with van der Waals surface area (Å²) < 4.78 is 1.74. The number of hydrogen-bond donors (Lipinski definition) is 1. The van der Waals surface area contributed by atoms with Crippen LogP contribution < -0.4 is 5.73 Å². The zero-order valence-electron chi connectivity index (χ0n) is 11.2. The van der Waals surface area contributed by atoms with Crippen molar-refractivity contribution in [2.45, 2.75) is 6.42 Å². The summed E-state index contributed by atoms with van der Waals surface area (Å²) in [4.78, 5) is 8.87. The van der Waals surface area contributed by atoms with Crippen molar-refractivity contribution < 1.29 is 0 Å². The summed E-state index contributed by atoms with van der Waals surface area (Å²) in [6, 6.07) is 11.9. The first-order valence-corrected chi connectivity index (χ1v) is 6.37. The van der Waals surface area contributed by atoms with E-state index in [2.05, 4.69) is 27.2 Å². The van der Waals surface area contributed by atoms with E-state index in [0.717, 1.165) is 22.6 Å². The largest absolute Gasteiger partial charge is 0.384 e. The van der Waals surface area contributed by atoms with Crippen LogP contribution >= 0.6 is 0 Å². The molecule has 0 amide bonds. The van der Waals surface area contributed by atoms with Gasteiger partial charge in [-0.25, -0.2) is 9.97 Å². The zero-order valence-corrected chi connectivity index (χ0v) is 11.2. The van der Waals surface area contributed by atoms with Gasteiger partial charge in [-0.15, -0.1) is 0 Å². The van der Waals surface area contributed by atoms with Crippen LogP contribution in [-0.4, -0.2) is 19.7 Å². The van der Waals surface area contributed by atoms with Gasteiger partial charge in [0.05, 0.1) is 11.9 Å². The second-order valence-corrected chi connectivity index (χ2v) is 4.66. The summed E-state index contributed by atoms with van der Waals surface area (Å²) in [6.45, 7) is 0. The lowest BCUT2D eigenvalue weighted by Gasteiger charge is -2.04. The summed E-state index contributed by atoms with van der Waals surface area (Å²) in [5.74, 6) is 1.19. The van der Waals surface area contributed by atoms with E-state index in [-0.39, 0.29) is 0 Å². The average Bonchev–Trinajstić information content (AvgIpc) is 2.86. The van der Waals surface area contributed by atoms with Crippen molar-refractivity contribution >= 4 is 5.82 Å². The molecular formula is C15H15N5. The number of aromatic nitrogens is 4. The first-order chi connectivity index (χ1) is 9.70. The first-order valence-electron chi connectivity index (χ1n) is 6.37. The van der Waals surface area contributed by atoms with Crippen molar-refractivity contribution in [1.29, 1.82) is 0 Å². The summed E-state index contributed by atoms with van der Waals surface area (Å²) in [5, 5.41) is 4.15. The van der Waals surface area contributed by atoms with Gasteiger partial charge < -0.3 is 5.73 Å². The van der Waals surface area contributed by atoms with Crippen molar-refractivity contribution in [2.24, 2.45) is 7.05 Å². The number of anilines is 1. The molecule has 0 spiro atoms. The molecule has 0 saturated heterocycles. The van der Waals surface area contributed by atoms with Gasteiger partial charge in [0, 0.05) is 31.3 Å². The van der Waals surface area contributed by atoms with E-state index in [9.17, 15) is 0 Å². The second kappa shape index (κ2) is 5.13. The molecule has 5 nitrogen and oxygen atoms in total. The molecule has 3 aromatic rings. The second-order valence-electron chi connectivity index (χ2n) is 4.66. The molecule has 5 heteroatoms. The molecule has 0 aliphatic rings. The number of hydrogen-bond acceptors (Lipinski definition) is 4. The molecule has 20 heavy (non-hydrogen) atoms. The zero-order chi connectivity index (χ0) is 13.9. The van der Waals surface area contributed by atoms with Gasteiger partial charge in [0.2, 0.25) is 0 Å². The fraction of sp³-hybridized carbons (Fsp3) is 0.133. The molecule has 0 atom stereocenters. The molecular weight excluding hydrogens is 250 g/mol.